The molecule has 0 aliphatic rings. The standard InChI is InChI=1S/C10H7FN4S/c11-8-4-2-1-3-7(8)9-13-10(15-14-9)16-6-5-12/h1-4H,6H2,(H,13,14,15). The largest absolute Gasteiger partial charge is 0.258 e. The molecule has 1 N–H and O–H groups in total. The van der Waals surface area contributed by atoms with Gasteiger partial charge in [0.15, 0.2) is 5.82 Å². The molecule has 0 spiro atoms. The first-order valence-electron chi connectivity index (χ1n) is 4.48. The van der Waals surface area contributed by atoms with E-state index in [9.17, 15) is 4.39 Å². The van der Waals surface area contributed by atoms with Crippen LogP contribution in [0.2, 0.25) is 0 Å². The minimum Gasteiger partial charge on any atom is -0.258 e. The molecule has 0 fully saturated rings. The summed E-state index contributed by atoms with van der Waals surface area (Å²) in [6, 6.07) is 8.29. The fourth-order valence-electron chi connectivity index (χ4n) is 1.18. The van der Waals surface area contributed by atoms with Crippen LogP contribution in [0.1, 0.15) is 0 Å². The van der Waals surface area contributed by atoms with E-state index < -0.39 is 0 Å². The van der Waals surface area contributed by atoms with Crippen LogP contribution in [0, 0.1) is 17.1 Å². The number of hydrogen-bond acceptors (Lipinski definition) is 4. The zero-order chi connectivity index (χ0) is 11.4. The van der Waals surface area contributed by atoms with E-state index in [0.717, 1.165) is 0 Å². The van der Waals surface area contributed by atoms with Crippen LogP contribution >= 0.6 is 11.8 Å². The Morgan fingerprint density at radius 3 is 3.00 bits per heavy atom. The number of nitrogens with one attached hydrogen (secondary N) is 1. The zero-order valence-corrected chi connectivity index (χ0v) is 8.96. The van der Waals surface area contributed by atoms with Gasteiger partial charge in [-0.1, -0.05) is 23.9 Å². The average Bonchev–Trinajstić information content (AvgIpc) is 2.75. The summed E-state index contributed by atoms with van der Waals surface area (Å²) >= 11 is 1.20. The highest BCUT2D eigenvalue weighted by molar-refractivity contribution is 7.99. The highest BCUT2D eigenvalue weighted by Crippen LogP contribution is 2.21. The lowest BCUT2D eigenvalue weighted by molar-refractivity contribution is 0.630. The minimum atomic E-state index is -0.351. The van der Waals surface area contributed by atoms with E-state index in [1.165, 1.54) is 17.8 Å². The summed E-state index contributed by atoms with van der Waals surface area (Å²) in [7, 11) is 0. The van der Waals surface area contributed by atoms with E-state index in [1.807, 2.05) is 6.07 Å². The first-order valence-corrected chi connectivity index (χ1v) is 5.47. The lowest BCUT2D eigenvalue weighted by Crippen LogP contribution is -1.85. The third kappa shape index (κ3) is 2.20. The highest BCUT2D eigenvalue weighted by atomic mass is 32.2. The Kier molecular flexibility index (Phi) is 3.17. The maximum Gasteiger partial charge on any atom is 0.209 e. The number of aromatic nitrogens is 3. The summed E-state index contributed by atoms with van der Waals surface area (Å²) in [5.74, 6) is 0.295. The van der Waals surface area contributed by atoms with Gasteiger partial charge in [-0.3, -0.25) is 5.10 Å². The molecule has 0 bridgehead atoms. The topological polar surface area (TPSA) is 65.4 Å². The van der Waals surface area contributed by atoms with Crippen molar-refractivity contribution in [1.82, 2.24) is 15.2 Å². The van der Waals surface area contributed by atoms with Gasteiger partial charge >= 0.3 is 0 Å². The predicted molar refractivity (Wildman–Crippen MR) is 58.1 cm³/mol. The number of halogens is 1. The molecule has 1 heterocycles. The van der Waals surface area contributed by atoms with Gasteiger partial charge in [-0.15, -0.1) is 5.10 Å². The molecule has 0 saturated heterocycles. The van der Waals surface area contributed by atoms with E-state index in [4.69, 9.17) is 5.26 Å². The molecule has 0 atom stereocenters. The first-order chi connectivity index (χ1) is 7.81. The molecule has 1 aromatic carbocycles. The van der Waals surface area contributed by atoms with E-state index in [2.05, 4.69) is 15.2 Å². The molecule has 1 aromatic heterocycles. The van der Waals surface area contributed by atoms with Crippen molar-refractivity contribution in [3.63, 3.8) is 0 Å². The molecule has 0 unspecified atom stereocenters. The number of H-pyrrole nitrogens is 1. The zero-order valence-electron chi connectivity index (χ0n) is 8.14. The smallest absolute Gasteiger partial charge is 0.209 e. The van der Waals surface area contributed by atoms with Crippen molar-refractivity contribution in [2.75, 3.05) is 5.75 Å². The first kappa shape index (κ1) is 10.6. The second-order valence-electron chi connectivity index (χ2n) is 2.89. The van der Waals surface area contributed by atoms with Gasteiger partial charge in [0.05, 0.1) is 17.4 Å². The van der Waals surface area contributed by atoms with Crippen LogP contribution in [0.4, 0.5) is 4.39 Å². The number of nitrogens with zero attached hydrogens (tertiary/aromatic N) is 3. The molecule has 0 aliphatic carbocycles. The van der Waals surface area contributed by atoms with E-state index in [0.29, 0.717) is 16.5 Å². The van der Waals surface area contributed by atoms with Crippen LogP contribution in [-0.4, -0.2) is 20.9 Å². The van der Waals surface area contributed by atoms with E-state index in [1.54, 1.807) is 18.2 Å². The SMILES string of the molecule is N#CCSc1n[nH]c(-c2ccccc2F)n1. The fraction of sp³-hybridized carbons (Fsp3) is 0.100. The van der Waals surface area contributed by atoms with Gasteiger partial charge in [0.25, 0.3) is 0 Å². The number of hydrogen-bond donors (Lipinski definition) is 1. The van der Waals surface area contributed by atoms with Crippen molar-refractivity contribution in [1.29, 1.82) is 5.26 Å². The van der Waals surface area contributed by atoms with Gasteiger partial charge in [-0.05, 0) is 12.1 Å². The quantitative estimate of drug-likeness (QED) is 0.827. The van der Waals surface area contributed by atoms with Gasteiger partial charge in [-0.2, -0.15) is 5.26 Å². The predicted octanol–water partition coefficient (Wildman–Crippen LogP) is 2.23. The van der Waals surface area contributed by atoms with Crippen molar-refractivity contribution in [3.8, 4) is 17.5 Å². The molecule has 4 nitrogen and oxygen atoms in total. The third-order valence-corrected chi connectivity index (χ3v) is 2.57. The van der Waals surface area contributed by atoms with Crippen molar-refractivity contribution < 1.29 is 4.39 Å². The van der Waals surface area contributed by atoms with Gasteiger partial charge in [-0.25, -0.2) is 9.37 Å². The third-order valence-electron chi connectivity index (χ3n) is 1.86. The maximum atomic E-state index is 13.4. The molecule has 16 heavy (non-hydrogen) atoms. The number of benzene rings is 1. The molecular weight excluding hydrogens is 227 g/mol. The lowest BCUT2D eigenvalue weighted by Gasteiger charge is -1.96. The second-order valence-corrected chi connectivity index (χ2v) is 3.84. The highest BCUT2D eigenvalue weighted by Gasteiger charge is 2.09. The Balaban J connectivity index is 2.26. The summed E-state index contributed by atoms with van der Waals surface area (Å²) in [4.78, 5) is 4.08. The van der Waals surface area contributed by atoms with Crippen LogP contribution in [0.25, 0.3) is 11.4 Å². The van der Waals surface area contributed by atoms with Gasteiger partial charge in [0, 0.05) is 0 Å². The average molecular weight is 234 g/mol. The van der Waals surface area contributed by atoms with Crippen molar-refractivity contribution in [2.45, 2.75) is 5.16 Å². The van der Waals surface area contributed by atoms with Crippen molar-refractivity contribution in [3.05, 3.63) is 30.1 Å². The second kappa shape index (κ2) is 4.77. The Morgan fingerprint density at radius 1 is 1.44 bits per heavy atom. The number of aromatic amines is 1. The van der Waals surface area contributed by atoms with Crippen LogP contribution < -0.4 is 0 Å². The van der Waals surface area contributed by atoms with Crippen LogP contribution in [0.3, 0.4) is 0 Å². The summed E-state index contributed by atoms with van der Waals surface area (Å²) in [6.07, 6.45) is 0. The molecule has 0 aliphatic heterocycles. The van der Waals surface area contributed by atoms with Crippen LogP contribution in [0.5, 0.6) is 0 Å². The molecule has 0 amide bonds. The van der Waals surface area contributed by atoms with Gasteiger partial charge in [0.1, 0.15) is 5.82 Å². The molecule has 6 heteroatoms. The Labute approximate surface area is 95.5 Å². The van der Waals surface area contributed by atoms with Crippen molar-refractivity contribution >= 4 is 11.8 Å². The van der Waals surface area contributed by atoms with Crippen LogP contribution in [0.15, 0.2) is 29.4 Å². The Hall–Kier alpha value is -1.87. The van der Waals surface area contributed by atoms with Crippen LogP contribution in [-0.2, 0) is 0 Å². The van der Waals surface area contributed by atoms with E-state index >= 15 is 0 Å². The minimum absolute atomic E-state index is 0.272. The summed E-state index contributed by atoms with van der Waals surface area (Å²) in [5, 5.41) is 15.4. The molecular formula is C10H7FN4S. The lowest BCUT2D eigenvalue weighted by atomic mass is 10.2. The van der Waals surface area contributed by atoms with E-state index in [-0.39, 0.29) is 11.6 Å². The Bertz CT molecular complexity index is 532. The van der Waals surface area contributed by atoms with Gasteiger partial charge in [0.2, 0.25) is 5.16 Å². The molecule has 0 radical (unpaired) electrons. The summed E-state index contributed by atoms with van der Waals surface area (Å²) in [5.41, 5.74) is 0.374. The number of thioether (sulfide) groups is 1. The normalized spacial score (nSPS) is 10.0. The Morgan fingerprint density at radius 2 is 2.25 bits per heavy atom. The molecule has 80 valence electrons. The molecule has 2 rings (SSSR count). The molecule has 2 aromatic rings. The number of rotatable bonds is 3. The monoisotopic (exact) mass is 234 g/mol. The summed E-state index contributed by atoms with van der Waals surface area (Å²) < 4.78 is 13.4. The van der Waals surface area contributed by atoms with Crippen molar-refractivity contribution in [2.24, 2.45) is 0 Å². The fourth-order valence-corrected chi connectivity index (χ4v) is 1.64. The maximum absolute atomic E-state index is 13.4. The molecule has 0 saturated carbocycles. The number of nitriles is 1. The summed E-state index contributed by atoms with van der Waals surface area (Å²) in [6.45, 7) is 0. The van der Waals surface area contributed by atoms with Gasteiger partial charge < -0.3 is 0 Å².